The van der Waals surface area contributed by atoms with E-state index in [1.807, 2.05) is 6.07 Å². The van der Waals surface area contributed by atoms with Crippen LogP contribution in [0.2, 0.25) is 0 Å². The number of hydrogen-bond acceptors (Lipinski definition) is 1. The molecule has 1 nitrogen and oxygen atoms in total. The maximum atomic E-state index is 13.7. The molecular weight excluding hydrogens is 179 g/mol. The lowest BCUT2D eigenvalue weighted by Gasteiger charge is -2.25. The van der Waals surface area contributed by atoms with Crippen molar-refractivity contribution >= 4 is 0 Å². The molecule has 1 N–H and O–H groups in total. The molecule has 0 aliphatic heterocycles. The van der Waals surface area contributed by atoms with E-state index in [4.69, 9.17) is 0 Å². The molecule has 1 aromatic rings. The molecule has 14 heavy (non-hydrogen) atoms. The van der Waals surface area contributed by atoms with Gasteiger partial charge < -0.3 is 5.11 Å². The molecule has 1 unspecified atom stereocenters. The molecule has 0 saturated heterocycles. The van der Waals surface area contributed by atoms with E-state index in [2.05, 4.69) is 6.92 Å². The van der Waals surface area contributed by atoms with Gasteiger partial charge in [0, 0.05) is 0 Å². The molecule has 76 valence electrons. The molecule has 2 rings (SSSR count). The lowest BCUT2D eigenvalue weighted by atomic mass is 9.81. The monoisotopic (exact) mass is 194 g/mol. The summed E-state index contributed by atoms with van der Waals surface area (Å²) >= 11 is 0. The van der Waals surface area contributed by atoms with Gasteiger partial charge >= 0.3 is 0 Å². The maximum absolute atomic E-state index is 13.7. The summed E-state index contributed by atoms with van der Waals surface area (Å²) in [5, 5.41) is 9.31. The Morgan fingerprint density at radius 3 is 3.00 bits per heavy atom. The second-order valence-electron chi connectivity index (χ2n) is 3.97. The highest BCUT2D eigenvalue weighted by molar-refractivity contribution is 5.40. The lowest BCUT2D eigenvalue weighted by molar-refractivity contribution is 0.414. The molecule has 0 radical (unpaired) electrons. The third-order valence-electron chi connectivity index (χ3n) is 3.15. The fraction of sp³-hybridized carbons (Fsp3) is 0.500. The van der Waals surface area contributed by atoms with Gasteiger partial charge in [0.15, 0.2) is 11.6 Å². The molecule has 0 amide bonds. The Balaban J connectivity index is 2.53. The van der Waals surface area contributed by atoms with E-state index in [1.54, 1.807) is 0 Å². The number of rotatable bonds is 1. The summed E-state index contributed by atoms with van der Waals surface area (Å²) in [6.07, 6.45) is 4.08. The molecule has 1 aliphatic rings. The van der Waals surface area contributed by atoms with Crippen LogP contribution >= 0.6 is 0 Å². The van der Waals surface area contributed by atoms with Gasteiger partial charge in [-0.05, 0) is 48.8 Å². The zero-order chi connectivity index (χ0) is 10.1. The summed E-state index contributed by atoms with van der Waals surface area (Å²) in [6, 6.07) is 3.32. The zero-order valence-electron chi connectivity index (χ0n) is 8.39. The molecule has 1 aromatic carbocycles. The van der Waals surface area contributed by atoms with E-state index < -0.39 is 5.82 Å². The predicted octanol–water partition coefficient (Wildman–Crippen LogP) is 3.36. The first-order valence-corrected chi connectivity index (χ1v) is 5.24. The number of phenolic OH excluding ortho intramolecular Hbond substituents is 1. The van der Waals surface area contributed by atoms with Gasteiger partial charge in [-0.2, -0.15) is 0 Å². The largest absolute Gasteiger partial charge is 0.505 e. The quantitative estimate of drug-likeness (QED) is 0.726. The van der Waals surface area contributed by atoms with E-state index in [9.17, 15) is 9.50 Å². The van der Waals surface area contributed by atoms with E-state index in [1.165, 1.54) is 6.07 Å². The van der Waals surface area contributed by atoms with E-state index >= 15 is 0 Å². The Labute approximate surface area is 83.6 Å². The van der Waals surface area contributed by atoms with Crippen molar-refractivity contribution in [2.24, 2.45) is 0 Å². The highest BCUT2D eigenvalue weighted by Gasteiger charge is 2.23. The van der Waals surface area contributed by atoms with Gasteiger partial charge in [-0.1, -0.05) is 13.0 Å². The van der Waals surface area contributed by atoms with Crippen LogP contribution in [-0.4, -0.2) is 5.11 Å². The molecule has 1 aliphatic carbocycles. The molecular formula is C12H15FO. The highest BCUT2D eigenvalue weighted by Crippen LogP contribution is 2.38. The zero-order valence-corrected chi connectivity index (χ0v) is 8.39. The van der Waals surface area contributed by atoms with Gasteiger partial charge in [-0.25, -0.2) is 4.39 Å². The number of halogens is 1. The van der Waals surface area contributed by atoms with Crippen LogP contribution in [0.3, 0.4) is 0 Å². The highest BCUT2D eigenvalue weighted by atomic mass is 19.1. The number of benzene rings is 1. The average molecular weight is 194 g/mol. The first-order chi connectivity index (χ1) is 6.74. The van der Waals surface area contributed by atoms with Crippen LogP contribution in [0.4, 0.5) is 4.39 Å². The average Bonchev–Trinajstić information content (AvgIpc) is 2.23. The second kappa shape index (κ2) is 3.60. The molecule has 0 fully saturated rings. The SMILES string of the molecule is CCC1CCCc2ccc(O)c(F)c21. The minimum atomic E-state index is -0.394. The number of phenols is 1. The van der Waals surface area contributed by atoms with Crippen LogP contribution in [0.15, 0.2) is 12.1 Å². The topological polar surface area (TPSA) is 20.2 Å². The fourth-order valence-electron chi connectivity index (χ4n) is 2.37. The van der Waals surface area contributed by atoms with Crippen LogP contribution in [0.1, 0.15) is 43.2 Å². The van der Waals surface area contributed by atoms with Crippen molar-refractivity contribution in [2.45, 2.75) is 38.5 Å². The lowest BCUT2D eigenvalue weighted by Crippen LogP contribution is -2.11. The Kier molecular flexibility index (Phi) is 2.44. The third-order valence-corrected chi connectivity index (χ3v) is 3.15. The van der Waals surface area contributed by atoms with Crippen molar-refractivity contribution < 1.29 is 9.50 Å². The maximum Gasteiger partial charge on any atom is 0.168 e. The number of aryl methyl sites for hydroxylation is 1. The third kappa shape index (κ3) is 1.39. The Bertz CT molecular complexity index is 346. The minimum absolute atomic E-state index is 0.205. The van der Waals surface area contributed by atoms with Crippen molar-refractivity contribution in [3.63, 3.8) is 0 Å². The van der Waals surface area contributed by atoms with Gasteiger partial charge in [-0.15, -0.1) is 0 Å². The molecule has 0 bridgehead atoms. The van der Waals surface area contributed by atoms with Gasteiger partial charge in [0.25, 0.3) is 0 Å². The molecule has 2 heteroatoms. The second-order valence-corrected chi connectivity index (χ2v) is 3.97. The van der Waals surface area contributed by atoms with Gasteiger partial charge in [-0.3, -0.25) is 0 Å². The van der Waals surface area contributed by atoms with E-state index in [-0.39, 0.29) is 5.75 Å². The van der Waals surface area contributed by atoms with Crippen molar-refractivity contribution in [1.82, 2.24) is 0 Å². The summed E-state index contributed by atoms with van der Waals surface area (Å²) in [5.74, 6) is -0.302. The van der Waals surface area contributed by atoms with Crippen molar-refractivity contribution in [1.29, 1.82) is 0 Å². The predicted molar refractivity (Wildman–Crippen MR) is 54.0 cm³/mol. The Morgan fingerprint density at radius 2 is 2.29 bits per heavy atom. The number of fused-ring (bicyclic) bond motifs is 1. The van der Waals surface area contributed by atoms with Gasteiger partial charge in [0.2, 0.25) is 0 Å². The first kappa shape index (κ1) is 9.50. The van der Waals surface area contributed by atoms with Crippen LogP contribution in [0.25, 0.3) is 0 Å². The van der Waals surface area contributed by atoms with Crippen molar-refractivity contribution in [3.05, 3.63) is 29.1 Å². The summed E-state index contributed by atoms with van der Waals surface area (Å²) in [5.41, 5.74) is 1.84. The summed E-state index contributed by atoms with van der Waals surface area (Å²) in [7, 11) is 0. The summed E-state index contributed by atoms with van der Waals surface area (Å²) in [6.45, 7) is 2.07. The molecule has 0 saturated carbocycles. The van der Waals surface area contributed by atoms with Crippen LogP contribution in [0.5, 0.6) is 5.75 Å². The standard InChI is InChI=1S/C12H15FO/c1-2-8-4-3-5-9-6-7-10(14)12(13)11(8)9/h6-8,14H,2-5H2,1H3. The first-order valence-electron chi connectivity index (χ1n) is 5.24. The normalized spacial score (nSPS) is 20.6. The molecule has 0 spiro atoms. The summed E-state index contributed by atoms with van der Waals surface area (Å²) in [4.78, 5) is 0. The molecule has 0 aromatic heterocycles. The fourth-order valence-corrected chi connectivity index (χ4v) is 2.37. The minimum Gasteiger partial charge on any atom is -0.505 e. The van der Waals surface area contributed by atoms with E-state index in [0.29, 0.717) is 5.92 Å². The number of hydrogen-bond donors (Lipinski definition) is 1. The smallest absolute Gasteiger partial charge is 0.168 e. The van der Waals surface area contributed by atoms with Crippen molar-refractivity contribution in [2.75, 3.05) is 0 Å². The Hall–Kier alpha value is -1.05. The Morgan fingerprint density at radius 1 is 1.50 bits per heavy atom. The van der Waals surface area contributed by atoms with Crippen LogP contribution in [-0.2, 0) is 6.42 Å². The van der Waals surface area contributed by atoms with Crippen molar-refractivity contribution in [3.8, 4) is 5.75 Å². The number of aromatic hydroxyl groups is 1. The molecule has 0 heterocycles. The van der Waals surface area contributed by atoms with Crippen LogP contribution in [0, 0.1) is 5.82 Å². The van der Waals surface area contributed by atoms with Crippen LogP contribution < -0.4 is 0 Å². The van der Waals surface area contributed by atoms with Gasteiger partial charge in [0.1, 0.15) is 0 Å². The van der Waals surface area contributed by atoms with Gasteiger partial charge in [0.05, 0.1) is 0 Å². The molecule has 1 atom stereocenters. The van der Waals surface area contributed by atoms with E-state index in [0.717, 1.165) is 36.8 Å². The summed E-state index contributed by atoms with van der Waals surface area (Å²) < 4.78 is 13.7.